The predicted octanol–water partition coefficient (Wildman–Crippen LogP) is 1.46. The van der Waals surface area contributed by atoms with Crippen LogP contribution in [-0.4, -0.2) is 28.6 Å². The molecule has 0 aromatic heterocycles. The monoisotopic (exact) mass is 169 g/mol. The lowest BCUT2D eigenvalue weighted by atomic mass is 10.0. The number of nitrogens with zero attached hydrogens (tertiary/aromatic N) is 1. The van der Waals surface area contributed by atoms with Gasteiger partial charge in [-0.3, -0.25) is 0 Å². The van der Waals surface area contributed by atoms with Crippen LogP contribution in [0.1, 0.15) is 26.2 Å². The van der Waals surface area contributed by atoms with E-state index in [4.69, 9.17) is 5.11 Å². The van der Waals surface area contributed by atoms with E-state index in [0.29, 0.717) is 6.04 Å². The molecule has 1 rings (SSSR count). The molecule has 0 spiro atoms. The SMILES string of the molecule is CC1CCCCN1C=CC(=O)O. The second-order valence-electron chi connectivity index (χ2n) is 3.24. The molecule has 1 N–H and O–H groups in total. The Balaban J connectivity index is 2.43. The molecule has 12 heavy (non-hydrogen) atoms. The summed E-state index contributed by atoms with van der Waals surface area (Å²) in [6, 6.07) is 0.495. The summed E-state index contributed by atoms with van der Waals surface area (Å²) in [5.74, 6) is -0.868. The van der Waals surface area contributed by atoms with Crippen LogP contribution in [0.25, 0.3) is 0 Å². The van der Waals surface area contributed by atoms with Crippen LogP contribution < -0.4 is 0 Å². The van der Waals surface area contributed by atoms with Crippen molar-refractivity contribution in [1.29, 1.82) is 0 Å². The summed E-state index contributed by atoms with van der Waals surface area (Å²) in [5, 5.41) is 8.42. The zero-order chi connectivity index (χ0) is 8.97. The highest BCUT2D eigenvalue weighted by molar-refractivity contribution is 5.79. The Labute approximate surface area is 72.7 Å². The van der Waals surface area contributed by atoms with E-state index < -0.39 is 5.97 Å². The Hall–Kier alpha value is -0.990. The van der Waals surface area contributed by atoms with Crippen LogP contribution in [0.4, 0.5) is 0 Å². The van der Waals surface area contributed by atoms with Crippen molar-refractivity contribution in [2.45, 2.75) is 32.2 Å². The highest BCUT2D eigenvalue weighted by Crippen LogP contribution is 2.16. The number of aliphatic carboxylic acids is 1. The van der Waals surface area contributed by atoms with E-state index >= 15 is 0 Å². The quantitative estimate of drug-likeness (QED) is 0.636. The number of carboxylic acid groups (broad SMARTS) is 1. The van der Waals surface area contributed by atoms with Gasteiger partial charge in [0.25, 0.3) is 0 Å². The molecule has 0 aliphatic carbocycles. The molecule has 0 amide bonds. The maximum atomic E-state index is 10.2. The fourth-order valence-electron chi connectivity index (χ4n) is 1.50. The molecule has 1 aliphatic heterocycles. The molecule has 1 aliphatic rings. The number of rotatable bonds is 2. The third-order valence-electron chi connectivity index (χ3n) is 2.26. The van der Waals surface area contributed by atoms with Gasteiger partial charge in [0.05, 0.1) is 0 Å². The molecule has 1 saturated heterocycles. The molecule has 3 heteroatoms. The predicted molar refractivity (Wildman–Crippen MR) is 46.8 cm³/mol. The highest BCUT2D eigenvalue weighted by Gasteiger charge is 2.14. The second-order valence-corrected chi connectivity index (χ2v) is 3.24. The summed E-state index contributed by atoms with van der Waals surface area (Å²) in [7, 11) is 0. The Bertz CT molecular complexity index is 189. The number of carboxylic acids is 1. The van der Waals surface area contributed by atoms with Crippen molar-refractivity contribution in [3.8, 4) is 0 Å². The second kappa shape index (κ2) is 4.14. The molecular weight excluding hydrogens is 154 g/mol. The Morgan fingerprint density at radius 1 is 1.58 bits per heavy atom. The Morgan fingerprint density at radius 2 is 2.33 bits per heavy atom. The normalized spacial score (nSPS) is 24.8. The van der Waals surface area contributed by atoms with Gasteiger partial charge in [0, 0.05) is 24.9 Å². The molecule has 0 saturated carbocycles. The van der Waals surface area contributed by atoms with Crippen LogP contribution in [0.5, 0.6) is 0 Å². The first-order chi connectivity index (χ1) is 5.70. The fourth-order valence-corrected chi connectivity index (χ4v) is 1.50. The van der Waals surface area contributed by atoms with Crippen molar-refractivity contribution in [2.75, 3.05) is 6.54 Å². The van der Waals surface area contributed by atoms with Crippen LogP contribution in [-0.2, 0) is 4.79 Å². The van der Waals surface area contributed by atoms with E-state index in [9.17, 15) is 4.79 Å². The minimum atomic E-state index is -0.868. The molecular formula is C9H15NO2. The number of piperidine rings is 1. The van der Waals surface area contributed by atoms with Gasteiger partial charge in [0.1, 0.15) is 0 Å². The van der Waals surface area contributed by atoms with Crippen LogP contribution in [0.15, 0.2) is 12.3 Å². The van der Waals surface area contributed by atoms with Crippen LogP contribution in [0.3, 0.4) is 0 Å². The Morgan fingerprint density at radius 3 is 2.92 bits per heavy atom. The van der Waals surface area contributed by atoms with Crippen molar-refractivity contribution >= 4 is 5.97 Å². The third kappa shape index (κ3) is 2.57. The fraction of sp³-hybridized carbons (Fsp3) is 0.667. The zero-order valence-electron chi connectivity index (χ0n) is 7.36. The molecule has 0 aromatic rings. The molecule has 1 fully saturated rings. The van der Waals surface area contributed by atoms with Crippen LogP contribution in [0.2, 0.25) is 0 Å². The third-order valence-corrected chi connectivity index (χ3v) is 2.26. The number of hydrogen-bond donors (Lipinski definition) is 1. The molecule has 0 radical (unpaired) electrons. The zero-order valence-corrected chi connectivity index (χ0v) is 7.36. The van der Waals surface area contributed by atoms with Crippen molar-refractivity contribution in [1.82, 2.24) is 4.90 Å². The average molecular weight is 169 g/mol. The molecule has 1 atom stereocenters. The van der Waals surface area contributed by atoms with Gasteiger partial charge in [-0.15, -0.1) is 0 Å². The van der Waals surface area contributed by atoms with Gasteiger partial charge in [-0.05, 0) is 26.2 Å². The van der Waals surface area contributed by atoms with Crippen molar-refractivity contribution in [2.24, 2.45) is 0 Å². The lowest BCUT2D eigenvalue weighted by Crippen LogP contribution is -2.32. The summed E-state index contributed by atoms with van der Waals surface area (Å²) in [4.78, 5) is 12.3. The summed E-state index contributed by atoms with van der Waals surface area (Å²) in [6.07, 6.45) is 6.50. The lowest BCUT2D eigenvalue weighted by molar-refractivity contribution is -0.131. The van der Waals surface area contributed by atoms with Gasteiger partial charge in [-0.1, -0.05) is 0 Å². The number of likely N-dealkylation sites (tertiary alicyclic amines) is 1. The number of carbonyl (C=O) groups is 1. The van der Waals surface area contributed by atoms with Crippen molar-refractivity contribution in [3.63, 3.8) is 0 Å². The van der Waals surface area contributed by atoms with E-state index in [-0.39, 0.29) is 0 Å². The van der Waals surface area contributed by atoms with E-state index in [1.807, 2.05) is 0 Å². The smallest absolute Gasteiger partial charge is 0.329 e. The summed E-state index contributed by atoms with van der Waals surface area (Å²) < 4.78 is 0. The van der Waals surface area contributed by atoms with Gasteiger partial charge in [-0.25, -0.2) is 4.79 Å². The van der Waals surface area contributed by atoms with Gasteiger partial charge < -0.3 is 10.0 Å². The van der Waals surface area contributed by atoms with Gasteiger partial charge in [-0.2, -0.15) is 0 Å². The van der Waals surface area contributed by atoms with Gasteiger partial charge in [0.15, 0.2) is 0 Å². The molecule has 1 unspecified atom stereocenters. The van der Waals surface area contributed by atoms with Crippen molar-refractivity contribution in [3.05, 3.63) is 12.3 Å². The summed E-state index contributed by atoms with van der Waals surface area (Å²) in [5.41, 5.74) is 0. The topological polar surface area (TPSA) is 40.5 Å². The maximum Gasteiger partial charge on any atom is 0.329 e. The van der Waals surface area contributed by atoms with Crippen LogP contribution in [0, 0.1) is 0 Å². The van der Waals surface area contributed by atoms with E-state index in [1.165, 1.54) is 25.3 Å². The maximum absolute atomic E-state index is 10.2. The molecule has 0 aromatic carbocycles. The van der Waals surface area contributed by atoms with Gasteiger partial charge in [0.2, 0.25) is 0 Å². The first-order valence-electron chi connectivity index (χ1n) is 4.37. The van der Waals surface area contributed by atoms with Crippen molar-refractivity contribution < 1.29 is 9.90 Å². The highest BCUT2D eigenvalue weighted by atomic mass is 16.4. The number of hydrogen-bond acceptors (Lipinski definition) is 2. The van der Waals surface area contributed by atoms with E-state index in [0.717, 1.165) is 6.54 Å². The standard InChI is InChI=1S/C9H15NO2/c1-8-4-2-3-6-10(8)7-5-9(11)12/h5,7-8H,2-4,6H2,1H3,(H,11,12). The molecule has 3 nitrogen and oxygen atoms in total. The van der Waals surface area contributed by atoms with E-state index in [2.05, 4.69) is 11.8 Å². The molecule has 0 bridgehead atoms. The summed E-state index contributed by atoms with van der Waals surface area (Å²) in [6.45, 7) is 3.12. The molecule has 68 valence electrons. The Kier molecular flexibility index (Phi) is 3.14. The summed E-state index contributed by atoms with van der Waals surface area (Å²) >= 11 is 0. The van der Waals surface area contributed by atoms with Gasteiger partial charge >= 0.3 is 5.97 Å². The average Bonchev–Trinajstić information content (AvgIpc) is 2.03. The lowest BCUT2D eigenvalue weighted by Gasteiger charge is -2.32. The first kappa shape index (κ1) is 9.10. The molecule has 1 heterocycles. The van der Waals surface area contributed by atoms with E-state index in [1.54, 1.807) is 6.20 Å². The first-order valence-corrected chi connectivity index (χ1v) is 4.37. The minimum Gasteiger partial charge on any atom is -0.478 e. The minimum absolute atomic E-state index is 0.495. The largest absolute Gasteiger partial charge is 0.478 e. The van der Waals surface area contributed by atoms with Crippen LogP contribution >= 0.6 is 0 Å².